The first-order valence-corrected chi connectivity index (χ1v) is 11.8. The molecule has 0 saturated carbocycles. The Labute approximate surface area is 200 Å². The molecule has 1 unspecified atom stereocenters. The van der Waals surface area contributed by atoms with Gasteiger partial charge in [0.15, 0.2) is 5.11 Å². The molecule has 1 atom stereocenters. The summed E-state index contributed by atoms with van der Waals surface area (Å²) in [6, 6.07) is 15.9. The van der Waals surface area contributed by atoms with Crippen molar-refractivity contribution in [3.05, 3.63) is 71.2 Å². The van der Waals surface area contributed by atoms with Crippen LogP contribution in [0, 0.1) is 6.92 Å². The molecule has 1 aliphatic rings. The zero-order valence-corrected chi connectivity index (χ0v) is 20.4. The van der Waals surface area contributed by atoms with Gasteiger partial charge in [0, 0.05) is 17.8 Å². The molecule has 2 heterocycles. The third-order valence-corrected chi connectivity index (χ3v) is 6.28. The predicted molar refractivity (Wildman–Crippen MR) is 135 cm³/mol. The molecule has 0 aliphatic carbocycles. The van der Waals surface area contributed by atoms with E-state index in [9.17, 15) is 0 Å². The van der Waals surface area contributed by atoms with E-state index in [0.29, 0.717) is 16.8 Å². The fourth-order valence-corrected chi connectivity index (χ4v) is 4.50. The quantitative estimate of drug-likeness (QED) is 0.330. The maximum Gasteiger partial charge on any atom is 0.258 e. The van der Waals surface area contributed by atoms with Crippen LogP contribution in [0.25, 0.3) is 17.0 Å². The number of aromatic nitrogens is 2. The van der Waals surface area contributed by atoms with Crippen LogP contribution in [0.1, 0.15) is 56.2 Å². The molecule has 2 aromatic carbocycles. The number of thiocarbonyl (C=S) groups is 1. The summed E-state index contributed by atoms with van der Waals surface area (Å²) in [4.78, 5) is 6.94. The number of benzene rings is 2. The van der Waals surface area contributed by atoms with E-state index < -0.39 is 0 Å². The lowest BCUT2D eigenvalue weighted by atomic mass is 9.94. The molecule has 0 saturated heterocycles. The second-order valence-electron chi connectivity index (χ2n) is 8.31. The molecule has 1 N–H and O–H groups in total. The minimum absolute atomic E-state index is 0.221. The average molecular weight is 463 g/mol. The first-order valence-electron chi connectivity index (χ1n) is 11.4. The molecule has 0 fully saturated rings. The number of nitrogens with one attached hydrogen (secondary N) is 1. The van der Waals surface area contributed by atoms with E-state index in [2.05, 4.69) is 54.3 Å². The maximum absolute atomic E-state index is 5.83. The van der Waals surface area contributed by atoms with Crippen LogP contribution in [-0.2, 0) is 0 Å². The van der Waals surface area contributed by atoms with Crippen molar-refractivity contribution in [2.75, 3.05) is 13.7 Å². The van der Waals surface area contributed by atoms with Gasteiger partial charge in [0.2, 0.25) is 5.82 Å². The number of methoxy groups -OCH3 is 1. The molecule has 0 spiro atoms. The van der Waals surface area contributed by atoms with Crippen molar-refractivity contribution in [1.29, 1.82) is 0 Å². The number of rotatable bonds is 8. The first kappa shape index (κ1) is 23.0. The van der Waals surface area contributed by atoms with Gasteiger partial charge in [0.25, 0.3) is 5.89 Å². The number of unbranched alkanes of at least 4 members (excludes halogenated alkanes) is 2. The number of ether oxygens (including phenoxy) is 1. The molecule has 6 nitrogen and oxygen atoms in total. The zero-order chi connectivity index (χ0) is 23.4. The van der Waals surface area contributed by atoms with Crippen LogP contribution in [0.3, 0.4) is 0 Å². The molecule has 1 aliphatic heterocycles. The van der Waals surface area contributed by atoms with E-state index in [4.69, 9.17) is 26.5 Å². The van der Waals surface area contributed by atoms with Gasteiger partial charge in [-0.2, -0.15) is 4.98 Å². The summed E-state index contributed by atoms with van der Waals surface area (Å²) in [5.41, 5.74) is 5.06. The molecule has 0 radical (unpaired) electrons. The van der Waals surface area contributed by atoms with Crippen molar-refractivity contribution in [1.82, 2.24) is 20.4 Å². The number of nitrogens with zero attached hydrogens (tertiary/aromatic N) is 3. The summed E-state index contributed by atoms with van der Waals surface area (Å²) in [6.07, 6.45) is 3.36. The second-order valence-corrected chi connectivity index (χ2v) is 8.70. The standard InChI is InChI=1S/C26H30N4O2S/c1-5-6-7-14-30-18(3)22(23(27-26(30)33)19-11-9-13-21(16-19)31-4)25-28-24(29-32-25)20-12-8-10-17(2)15-20/h8-13,15-16,23H,5-7,14H2,1-4H3,(H,27,33). The third kappa shape index (κ3) is 4.93. The van der Waals surface area contributed by atoms with E-state index in [0.717, 1.165) is 59.5 Å². The summed E-state index contributed by atoms with van der Waals surface area (Å²) in [7, 11) is 1.67. The predicted octanol–water partition coefficient (Wildman–Crippen LogP) is 5.91. The van der Waals surface area contributed by atoms with Gasteiger partial charge in [-0.1, -0.05) is 60.8 Å². The Morgan fingerprint density at radius 1 is 1.12 bits per heavy atom. The van der Waals surface area contributed by atoms with Crippen LogP contribution in [0.5, 0.6) is 5.75 Å². The molecule has 7 heteroatoms. The molecule has 1 aromatic heterocycles. The molecule has 4 rings (SSSR count). The summed E-state index contributed by atoms with van der Waals surface area (Å²) < 4.78 is 11.3. The maximum atomic E-state index is 5.83. The van der Waals surface area contributed by atoms with Crippen LogP contribution in [0.2, 0.25) is 0 Å². The highest BCUT2D eigenvalue weighted by molar-refractivity contribution is 7.80. The van der Waals surface area contributed by atoms with Gasteiger partial charge in [0.1, 0.15) is 5.75 Å². The SMILES string of the molecule is CCCCCN1C(=S)NC(c2cccc(OC)c2)C(c2nc(-c3cccc(C)c3)no2)=C1C. The molecular weight excluding hydrogens is 432 g/mol. The Morgan fingerprint density at radius 3 is 2.70 bits per heavy atom. The van der Waals surface area contributed by atoms with Crippen molar-refractivity contribution in [2.24, 2.45) is 0 Å². The van der Waals surface area contributed by atoms with Gasteiger partial charge in [-0.3, -0.25) is 0 Å². The van der Waals surface area contributed by atoms with Crippen LogP contribution in [0.15, 0.2) is 58.8 Å². The molecule has 33 heavy (non-hydrogen) atoms. The Morgan fingerprint density at radius 2 is 1.94 bits per heavy atom. The Balaban J connectivity index is 1.78. The van der Waals surface area contributed by atoms with Crippen LogP contribution in [0.4, 0.5) is 0 Å². The minimum atomic E-state index is -0.221. The average Bonchev–Trinajstić information content (AvgIpc) is 3.30. The number of hydrogen-bond acceptors (Lipinski definition) is 5. The van der Waals surface area contributed by atoms with Crippen molar-refractivity contribution < 1.29 is 9.26 Å². The number of aryl methyl sites for hydroxylation is 1. The van der Waals surface area contributed by atoms with Gasteiger partial charge in [-0.25, -0.2) is 0 Å². The van der Waals surface area contributed by atoms with Crippen LogP contribution in [-0.4, -0.2) is 33.8 Å². The van der Waals surface area contributed by atoms with E-state index in [-0.39, 0.29) is 6.04 Å². The Hall–Kier alpha value is -3.19. The van der Waals surface area contributed by atoms with Gasteiger partial charge in [0.05, 0.1) is 18.7 Å². The van der Waals surface area contributed by atoms with Crippen molar-refractivity contribution >= 4 is 22.9 Å². The lowest BCUT2D eigenvalue weighted by molar-refractivity contribution is 0.394. The third-order valence-electron chi connectivity index (χ3n) is 5.94. The van der Waals surface area contributed by atoms with Gasteiger partial charge < -0.3 is 19.5 Å². The fraction of sp³-hybridized carbons (Fsp3) is 0.346. The van der Waals surface area contributed by atoms with Crippen molar-refractivity contribution in [2.45, 2.75) is 46.1 Å². The van der Waals surface area contributed by atoms with Gasteiger partial charge in [-0.15, -0.1) is 0 Å². The summed E-state index contributed by atoms with van der Waals surface area (Å²) in [5, 5.41) is 8.52. The zero-order valence-electron chi connectivity index (χ0n) is 19.6. The summed E-state index contributed by atoms with van der Waals surface area (Å²) in [5.74, 6) is 1.85. The molecule has 3 aromatic rings. The Kier molecular flexibility index (Phi) is 7.08. The van der Waals surface area contributed by atoms with E-state index in [1.54, 1.807) is 7.11 Å². The summed E-state index contributed by atoms with van der Waals surface area (Å²) in [6.45, 7) is 7.18. The molecular formula is C26H30N4O2S. The van der Waals surface area contributed by atoms with E-state index in [1.165, 1.54) is 0 Å². The van der Waals surface area contributed by atoms with Crippen LogP contribution >= 0.6 is 12.2 Å². The largest absolute Gasteiger partial charge is 0.497 e. The monoisotopic (exact) mass is 462 g/mol. The highest BCUT2D eigenvalue weighted by Crippen LogP contribution is 2.38. The highest BCUT2D eigenvalue weighted by Gasteiger charge is 2.34. The van der Waals surface area contributed by atoms with E-state index in [1.807, 2.05) is 30.3 Å². The molecule has 0 amide bonds. The molecule has 0 bridgehead atoms. The number of hydrogen-bond donors (Lipinski definition) is 1. The molecule has 172 valence electrons. The van der Waals surface area contributed by atoms with Crippen molar-refractivity contribution in [3.63, 3.8) is 0 Å². The second kappa shape index (κ2) is 10.2. The first-order chi connectivity index (χ1) is 16.0. The van der Waals surface area contributed by atoms with Gasteiger partial charge in [-0.05, 0) is 56.2 Å². The fourth-order valence-electron chi connectivity index (χ4n) is 4.15. The lowest BCUT2D eigenvalue weighted by Crippen LogP contribution is -2.46. The Bertz CT molecular complexity index is 1170. The minimum Gasteiger partial charge on any atom is -0.497 e. The normalized spacial score (nSPS) is 16.2. The summed E-state index contributed by atoms with van der Waals surface area (Å²) >= 11 is 5.77. The topological polar surface area (TPSA) is 63.4 Å². The number of allylic oxidation sites excluding steroid dienone is 1. The van der Waals surface area contributed by atoms with Gasteiger partial charge >= 0.3 is 0 Å². The highest BCUT2D eigenvalue weighted by atomic mass is 32.1. The van der Waals surface area contributed by atoms with Crippen molar-refractivity contribution in [3.8, 4) is 17.1 Å². The lowest BCUT2D eigenvalue weighted by Gasteiger charge is -2.37. The van der Waals surface area contributed by atoms with E-state index >= 15 is 0 Å². The van der Waals surface area contributed by atoms with Crippen LogP contribution < -0.4 is 10.1 Å². The smallest absolute Gasteiger partial charge is 0.258 e.